The van der Waals surface area contributed by atoms with Gasteiger partial charge in [0.15, 0.2) is 0 Å². The Morgan fingerprint density at radius 3 is 2.86 bits per heavy atom. The minimum atomic E-state index is -0.260. The van der Waals surface area contributed by atoms with Crippen LogP contribution in [-0.4, -0.2) is 15.5 Å². The van der Waals surface area contributed by atoms with Crippen molar-refractivity contribution >= 4 is 50.4 Å². The smallest absolute Gasteiger partial charge is 0.263 e. The van der Waals surface area contributed by atoms with Gasteiger partial charge in [0.2, 0.25) is 5.91 Å². The van der Waals surface area contributed by atoms with Crippen molar-refractivity contribution in [2.45, 2.75) is 26.4 Å². The lowest BCUT2D eigenvalue weighted by atomic mass is 10.1. The number of nitrogens with one attached hydrogen (secondary N) is 1. The summed E-state index contributed by atoms with van der Waals surface area (Å²) in [7, 11) is 0. The molecule has 1 atom stereocenters. The standard InChI is InChI=1S/C21H18ClN3O2S2/c1-12-6-7-17(29-12)16-10-28-20-19(16)21(27)25(11-23-20)9-18(26)24-13(2)14-4-3-5-15(22)8-14/h3-8,10-11,13H,9H2,1-2H3,(H,24,26). The van der Waals surface area contributed by atoms with E-state index in [2.05, 4.69) is 10.3 Å². The Kier molecular flexibility index (Phi) is 5.54. The number of nitrogens with zero attached hydrogens (tertiary/aromatic N) is 2. The molecule has 148 valence electrons. The zero-order chi connectivity index (χ0) is 20.5. The van der Waals surface area contributed by atoms with Gasteiger partial charge in [0, 0.05) is 25.7 Å². The second kappa shape index (κ2) is 8.10. The molecule has 0 aliphatic rings. The number of hydrogen-bond donors (Lipinski definition) is 1. The molecular weight excluding hydrogens is 426 g/mol. The highest BCUT2D eigenvalue weighted by molar-refractivity contribution is 7.19. The van der Waals surface area contributed by atoms with E-state index in [0.717, 1.165) is 16.0 Å². The second-order valence-corrected chi connectivity index (χ2v) is 9.34. The molecule has 3 aromatic heterocycles. The van der Waals surface area contributed by atoms with Crippen LogP contribution >= 0.6 is 34.3 Å². The fourth-order valence-electron chi connectivity index (χ4n) is 3.14. The van der Waals surface area contributed by atoms with E-state index in [-0.39, 0.29) is 24.1 Å². The molecule has 4 aromatic rings. The number of thiophene rings is 2. The summed E-state index contributed by atoms with van der Waals surface area (Å²) in [4.78, 5) is 32.9. The molecule has 4 rings (SSSR count). The van der Waals surface area contributed by atoms with Crippen molar-refractivity contribution < 1.29 is 4.79 Å². The SMILES string of the molecule is Cc1ccc(-c2csc3ncn(CC(=O)NC(C)c4cccc(Cl)c4)c(=O)c23)s1. The summed E-state index contributed by atoms with van der Waals surface area (Å²) in [5.41, 5.74) is 1.57. The topological polar surface area (TPSA) is 64.0 Å². The van der Waals surface area contributed by atoms with Crippen LogP contribution in [0.1, 0.15) is 23.4 Å². The first-order chi connectivity index (χ1) is 13.9. The highest BCUT2D eigenvalue weighted by Crippen LogP contribution is 2.34. The summed E-state index contributed by atoms with van der Waals surface area (Å²) in [6.45, 7) is 3.82. The van der Waals surface area contributed by atoms with Crippen LogP contribution in [0.4, 0.5) is 0 Å². The van der Waals surface area contributed by atoms with Crippen molar-refractivity contribution in [1.82, 2.24) is 14.9 Å². The van der Waals surface area contributed by atoms with Gasteiger partial charge in [0.05, 0.1) is 17.8 Å². The van der Waals surface area contributed by atoms with Gasteiger partial charge >= 0.3 is 0 Å². The first-order valence-corrected chi connectivity index (χ1v) is 11.1. The molecule has 0 spiro atoms. The van der Waals surface area contributed by atoms with E-state index in [0.29, 0.717) is 15.2 Å². The van der Waals surface area contributed by atoms with Crippen molar-refractivity contribution in [2.75, 3.05) is 0 Å². The number of halogens is 1. The first-order valence-electron chi connectivity index (χ1n) is 9.00. The van der Waals surface area contributed by atoms with Crippen molar-refractivity contribution in [1.29, 1.82) is 0 Å². The van der Waals surface area contributed by atoms with E-state index >= 15 is 0 Å². The number of aryl methyl sites for hydroxylation is 1. The van der Waals surface area contributed by atoms with Gasteiger partial charge in [0.25, 0.3) is 5.56 Å². The van der Waals surface area contributed by atoms with Crippen LogP contribution in [0.25, 0.3) is 20.7 Å². The summed E-state index contributed by atoms with van der Waals surface area (Å²) in [5, 5.41) is 6.04. The summed E-state index contributed by atoms with van der Waals surface area (Å²) < 4.78 is 1.36. The molecule has 1 unspecified atom stereocenters. The van der Waals surface area contributed by atoms with Gasteiger partial charge in [-0.1, -0.05) is 23.7 Å². The fraction of sp³-hybridized carbons (Fsp3) is 0.190. The Hall–Kier alpha value is -2.48. The van der Waals surface area contributed by atoms with E-state index in [1.54, 1.807) is 17.4 Å². The molecule has 0 saturated carbocycles. The number of hydrogen-bond acceptors (Lipinski definition) is 5. The Morgan fingerprint density at radius 1 is 1.31 bits per heavy atom. The van der Waals surface area contributed by atoms with Crippen molar-refractivity contribution in [2.24, 2.45) is 0 Å². The van der Waals surface area contributed by atoms with Crippen LogP contribution < -0.4 is 10.9 Å². The van der Waals surface area contributed by atoms with Crippen LogP contribution in [0.5, 0.6) is 0 Å². The van der Waals surface area contributed by atoms with E-state index < -0.39 is 0 Å². The van der Waals surface area contributed by atoms with Gasteiger partial charge in [-0.25, -0.2) is 4.98 Å². The van der Waals surface area contributed by atoms with Gasteiger partial charge in [0.1, 0.15) is 11.4 Å². The van der Waals surface area contributed by atoms with Crippen LogP contribution in [0, 0.1) is 6.92 Å². The predicted molar refractivity (Wildman–Crippen MR) is 120 cm³/mol. The van der Waals surface area contributed by atoms with Gasteiger partial charge in [-0.05, 0) is 43.7 Å². The van der Waals surface area contributed by atoms with E-state index in [4.69, 9.17) is 11.6 Å². The average Bonchev–Trinajstić information content (AvgIpc) is 3.30. The monoisotopic (exact) mass is 443 g/mol. The van der Waals surface area contributed by atoms with Crippen LogP contribution in [0.15, 0.2) is 52.9 Å². The highest BCUT2D eigenvalue weighted by atomic mass is 35.5. The van der Waals surface area contributed by atoms with Crippen molar-refractivity contribution in [3.05, 3.63) is 73.9 Å². The van der Waals surface area contributed by atoms with E-state index in [1.165, 1.54) is 27.1 Å². The van der Waals surface area contributed by atoms with Gasteiger partial charge < -0.3 is 5.32 Å². The number of carbonyl (C=O) groups excluding carboxylic acids is 1. The van der Waals surface area contributed by atoms with Crippen LogP contribution in [0.2, 0.25) is 5.02 Å². The van der Waals surface area contributed by atoms with Crippen molar-refractivity contribution in [3.8, 4) is 10.4 Å². The maximum absolute atomic E-state index is 13.1. The molecule has 8 heteroatoms. The lowest BCUT2D eigenvalue weighted by Crippen LogP contribution is -2.33. The summed E-state index contributed by atoms with van der Waals surface area (Å²) >= 11 is 9.10. The molecule has 0 aliphatic carbocycles. The molecule has 0 radical (unpaired) electrons. The van der Waals surface area contributed by atoms with E-state index in [1.807, 2.05) is 49.6 Å². The Balaban J connectivity index is 1.59. The van der Waals surface area contributed by atoms with Gasteiger partial charge in [-0.15, -0.1) is 22.7 Å². The lowest BCUT2D eigenvalue weighted by Gasteiger charge is -2.15. The predicted octanol–water partition coefficient (Wildman–Crippen LogP) is 5.03. The van der Waals surface area contributed by atoms with Crippen molar-refractivity contribution in [3.63, 3.8) is 0 Å². The van der Waals surface area contributed by atoms with Gasteiger partial charge in [-0.3, -0.25) is 14.2 Å². The molecular formula is C21H18ClN3O2S2. The normalized spacial score (nSPS) is 12.2. The molecule has 1 aromatic carbocycles. The highest BCUT2D eigenvalue weighted by Gasteiger charge is 2.16. The number of carbonyl (C=O) groups is 1. The Labute approximate surface area is 180 Å². The summed E-state index contributed by atoms with van der Waals surface area (Å²) in [6.07, 6.45) is 1.44. The minimum absolute atomic E-state index is 0.0918. The first kappa shape index (κ1) is 19.8. The molecule has 0 bridgehead atoms. The molecule has 0 saturated heterocycles. The Morgan fingerprint density at radius 2 is 2.14 bits per heavy atom. The number of rotatable bonds is 5. The molecule has 3 heterocycles. The number of benzene rings is 1. The van der Waals surface area contributed by atoms with Crippen LogP contribution in [0.3, 0.4) is 0 Å². The fourth-order valence-corrected chi connectivity index (χ4v) is 5.20. The third-order valence-corrected chi connectivity index (χ3v) is 6.76. The molecule has 5 nitrogen and oxygen atoms in total. The maximum Gasteiger partial charge on any atom is 0.263 e. The van der Waals surface area contributed by atoms with Gasteiger partial charge in [-0.2, -0.15) is 0 Å². The lowest BCUT2D eigenvalue weighted by molar-refractivity contribution is -0.122. The molecule has 0 aliphatic heterocycles. The number of aromatic nitrogens is 2. The third-order valence-electron chi connectivity index (χ3n) is 4.61. The summed E-state index contributed by atoms with van der Waals surface area (Å²) in [5.74, 6) is -0.260. The average molecular weight is 444 g/mol. The summed E-state index contributed by atoms with van der Waals surface area (Å²) in [6, 6.07) is 11.2. The van der Waals surface area contributed by atoms with Crippen LogP contribution in [-0.2, 0) is 11.3 Å². The largest absolute Gasteiger partial charge is 0.348 e. The molecule has 0 fully saturated rings. The zero-order valence-corrected chi connectivity index (χ0v) is 18.2. The molecule has 29 heavy (non-hydrogen) atoms. The number of amides is 1. The van der Waals surface area contributed by atoms with E-state index in [9.17, 15) is 9.59 Å². The molecule has 1 amide bonds. The second-order valence-electron chi connectivity index (χ2n) is 6.76. The minimum Gasteiger partial charge on any atom is -0.348 e. The molecule has 1 N–H and O–H groups in total. The quantitative estimate of drug-likeness (QED) is 0.470. The zero-order valence-electron chi connectivity index (χ0n) is 15.8. The maximum atomic E-state index is 13.1. The Bertz CT molecular complexity index is 1260. The third kappa shape index (κ3) is 4.12. The number of fused-ring (bicyclic) bond motifs is 1.